The summed E-state index contributed by atoms with van der Waals surface area (Å²) in [6.07, 6.45) is 0.627. The Morgan fingerprint density at radius 1 is 1.50 bits per heavy atom. The fourth-order valence-corrected chi connectivity index (χ4v) is 1.85. The zero-order valence-electron chi connectivity index (χ0n) is 7.74. The van der Waals surface area contributed by atoms with E-state index in [0.29, 0.717) is 11.4 Å². The highest BCUT2D eigenvalue weighted by Crippen LogP contribution is 2.53. The lowest BCUT2D eigenvalue weighted by atomic mass is 10.1. The van der Waals surface area contributed by atoms with Crippen LogP contribution in [0.1, 0.15) is 24.8 Å². The molecule has 1 saturated carbocycles. The van der Waals surface area contributed by atoms with Crippen molar-refractivity contribution in [3.63, 3.8) is 0 Å². The molecule has 1 aliphatic rings. The van der Waals surface area contributed by atoms with E-state index in [1.54, 1.807) is 19.1 Å². The molecule has 0 N–H and O–H groups in total. The molecule has 1 aromatic rings. The number of nitrogens with zero attached hydrogens (tertiary/aromatic N) is 1. The maximum atomic E-state index is 10.7. The molecule has 2 rings (SSSR count). The number of nitro groups is 1. The Kier molecular flexibility index (Phi) is 2.00. The summed E-state index contributed by atoms with van der Waals surface area (Å²) in [5, 5.41) is 11.4. The maximum absolute atomic E-state index is 10.7. The van der Waals surface area contributed by atoms with Gasteiger partial charge in [0.1, 0.15) is 0 Å². The Balaban J connectivity index is 2.21. The topological polar surface area (TPSA) is 43.1 Å². The Morgan fingerprint density at radius 2 is 2.07 bits per heavy atom. The SMILES string of the molecule is CC1([N+](=O)[O-])CC1c1ccc(Cl)cc1. The van der Waals surface area contributed by atoms with Gasteiger partial charge < -0.3 is 0 Å². The molecule has 0 radical (unpaired) electrons. The van der Waals surface area contributed by atoms with Gasteiger partial charge in [-0.25, -0.2) is 0 Å². The van der Waals surface area contributed by atoms with Gasteiger partial charge in [-0.3, -0.25) is 10.1 Å². The Labute approximate surface area is 86.8 Å². The van der Waals surface area contributed by atoms with Crippen molar-refractivity contribution in [2.75, 3.05) is 0 Å². The molecule has 1 fully saturated rings. The first-order valence-electron chi connectivity index (χ1n) is 4.44. The molecule has 0 amide bonds. The molecule has 1 aliphatic carbocycles. The number of benzene rings is 1. The molecular formula is C10H10ClNO2. The first-order chi connectivity index (χ1) is 6.54. The van der Waals surface area contributed by atoms with E-state index in [2.05, 4.69) is 0 Å². The summed E-state index contributed by atoms with van der Waals surface area (Å²) in [7, 11) is 0. The van der Waals surface area contributed by atoms with Crippen molar-refractivity contribution in [3.8, 4) is 0 Å². The van der Waals surface area contributed by atoms with Crippen LogP contribution in [-0.4, -0.2) is 10.5 Å². The largest absolute Gasteiger partial charge is 0.264 e. The van der Waals surface area contributed by atoms with Gasteiger partial charge in [0.25, 0.3) is 0 Å². The zero-order valence-corrected chi connectivity index (χ0v) is 8.49. The number of hydrogen-bond acceptors (Lipinski definition) is 2. The predicted molar refractivity (Wildman–Crippen MR) is 54.2 cm³/mol. The second-order valence-corrected chi connectivity index (χ2v) is 4.36. The first-order valence-corrected chi connectivity index (χ1v) is 4.82. The van der Waals surface area contributed by atoms with Gasteiger partial charge in [-0.15, -0.1) is 0 Å². The summed E-state index contributed by atoms with van der Waals surface area (Å²) in [5.41, 5.74) is 0.252. The van der Waals surface area contributed by atoms with E-state index < -0.39 is 5.54 Å². The molecule has 4 heteroatoms. The number of halogens is 1. The van der Waals surface area contributed by atoms with Crippen molar-refractivity contribution >= 4 is 11.6 Å². The summed E-state index contributed by atoms with van der Waals surface area (Å²) in [6, 6.07) is 7.27. The minimum absolute atomic E-state index is 0.0507. The fourth-order valence-electron chi connectivity index (χ4n) is 1.73. The van der Waals surface area contributed by atoms with Crippen molar-refractivity contribution < 1.29 is 4.92 Å². The highest BCUT2D eigenvalue weighted by molar-refractivity contribution is 6.30. The van der Waals surface area contributed by atoms with E-state index in [1.165, 1.54) is 0 Å². The van der Waals surface area contributed by atoms with E-state index >= 15 is 0 Å². The smallest absolute Gasteiger partial charge is 0.227 e. The second-order valence-electron chi connectivity index (χ2n) is 3.92. The third kappa shape index (κ3) is 1.38. The molecule has 74 valence electrons. The molecule has 14 heavy (non-hydrogen) atoms. The van der Waals surface area contributed by atoms with E-state index in [-0.39, 0.29) is 10.8 Å². The Morgan fingerprint density at radius 3 is 2.50 bits per heavy atom. The van der Waals surface area contributed by atoms with Crippen LogP contribution in [0.5, 0.6) is 0 Å². The quantitative estimate of drug-likeness (QED) is 0.558. The Hall–Kier alpha value is -1.09. The number of hydrogen-bond donors (Lipinski definition) is 0. The van der Waals surface area contributed by atoms with Gasteiger partial charge in [0, 0.05) is 23.3 Å². The molecule has 0 aromatic heterocycles. The third-order valence-corrected chi connectivity index (χ3v) is 3.15. The monoisotopic (exact) mass is 211 g/mol. The molecule has 3 nitrogen and oxygen atoms in total. The van der Waals surface area contributed by atoms with Crippen LogP contribution in [0.25, 0.3) is 0 Å². The van der Waals surface area contributed by atoms with E-state index in [4.69, 9.17) is 11.6 Å². The van der Waals surface area contributed by atoms with Gasteiger partial charge >= 0.3 is 0 Å². The van der Waals surface area contributed by atoms with E-state index in [9.17, 15) is 10.1 Å². The van der Waals surface area contributed by atoms with E-state index in [0.717, 1.165) is 5.56 Å². The molecule has 0 bridgehead atoms. The van der Waals surface area contributed by atoms with Crippen molar-refractivity contribution in [1.29, 1.82) is 0 Å². The Bertz CT molecular complexity index is 376. The molecule has 1 aromatic carbocycles. The van der Waals surface area contributed by atoms with Crippen molar-refractivity contribution in [1.82, 2.24) is 0 Å². The molecule has 0 saturated heterocycles. The van der Waals surface area contributed by atoms with Gasteiger partial charge in [-0.1, -0.05) is 23.7 Å². The normalized spacial score (nSPS) is 30.0. The van der Waals surface area contributed by atoms with Gasteiger partial charge in [-0.05, 0) is 17.7 Å². The summed E-state index contributed by atoms with van der Waals surface area (Å²) in [6.45, 7) is 1.69. The number of rotatable bonds is 2. The lowest BCUT2D eigenvalue weighted by Crippen LogP contribution is -2.18. The summed E-state index contributed by atoms with van der Waals surface area (Å²) in [5.74, 6) is 0.0507. The van der Waals surface area contributed by atoms with Crippen LogP contribution in [0, 0.1) is 10.1 Å². The standard InChI is InChI=1S/C10H10ClNO2/c1-10(12(13)14)6-9(10)7-2-4-8(11)5-3-7/h2-5,9H,6H2,1H3. The second kappa shape index (κ2) is 2.95. The molecular weight excluding hydrogens is 202 g/mol. The molecule has 0 heterocycles. The molecule has 0 spiro atoms. The van der Waals surface area contributed by atoms with Gasteiger partial charge in [0.2, 0.25) is 5.54 Å². The predicted octanol–water partition coefficient (Wildman–Crippen LogP) is 2.86. The lowest BCUT2D eigenvalue weighted by molar-refractivity contribution is -0.535. The van der Waals surface area contributed by atoms with Crippen molar-refractivity contribution in [3.05, 3.63) is 45.0 Å². The van der Waals surface area contributed by atoms with Crippen LogP contribution in [0.4, 0.5) is 0 Å². The van der Waals surface area contributed by atoms with Crippen LogP contribution < -0.4 is 0 Å². The zero-order chi connectivity index (χ0) is 10.3. The van der Waals surface area contributed by atoms with Crippen LogP contribution in [0.3, 0.4) is 0 Å². The molecule has 2 unspecified atom stereocenters. The van der Waals surface area contributed by atoms with Crippen LogP contribution in [-0.2, 0) is 0 Å². The van der Waals surface area contributed by atoms with Crippen molar-refractivity contribution in [2.45, 2.75) is 24.8 Å². The average Bonchev–Trinajstić information content (AvgIpc) is 2.81. The minimum Gasteiger partial charge on any atom is -0.264 e. The van der Waals surface area contributed by atoms with Crippen molar-refractivity contribution in [2.24, 2.45) is 0 Å². The summed E-state index contributed by atoms with van der Waals surface area (Å²) < 4.78 is 0. The lowest BCUT2D eigenvalue weighted by Gasteiger charge is -2.02. The first kappa shape index (κ1) is 9.46. The molecule has 2 atom stereocenters. The fraction of sp³-hybridized carbons (Fsp3) is 0.400. The highest BCUT2D eigenvalue weighted by Gasteiger charge is 2.62. The summed E-state index contributed by atoms with van der Waals surface area (Å²) >= 11 is 5.74. The maximum Gasteiger partial charge on any atom is 0.227 e. The summed E-state index contributed by atoms with van der Waals surface area (Å²) in [4.78, 5) is 10.5. The minimum atomic E-state index is -0.756. The molecule has 0 aliphatic heterocycles. The van der Waals surface area contributed by atoms with Crippen LogP contribution in [0.15, 0.2) is 24.3 Å². The van der Waals surface area contributed by atoms with Gasteiger partial charge in [-0.2, -0.15) is 0 Å². The van der Waals surface area contributed by atoms with E-state index in [1.807, 2.05) is 12.1 Å². The van der Waals surface area contributed by atoms with Gasteiger partial charge in [0.15, 0.2) is 0 Å². The third-order valence-electron chi connectivity index (χ3n) is 2.90. The average molecular weight is 212 g/mol. The van der Waals surface area contributed by atoms with Crippen LogP contribution >= 0.6 is 11.6 Å². The van der Waals surface area contributed by atoms with Gasteiger partial charge in [0.05, 0.1) is 5.92 Å². The highest BCUT2D eigenvalue weighted by atomic mass is 35.5. The van der Waals surface area contributed by atoms with Crippen LogP contribution in [0.2, 0.25) is 5.02 Å².